The number of hydrogen-bond donors (Lipinski definition) is 1. The maximum Gasteiger partial charge on any atom is 0.234 e. The van der Waals surface area contributed by atoms with E-state index in [9.17, 15) is 4.79 Å². The van der Waals surface area contributed by atoms with Crippen molar-refractivity contribution in [3.63, 3.8) is 0 Å². The summed E-state index contributed by atoms with van der Waals surface area (Å²) in [5.74, 6) is 0.888. The first-order valence-corrected chi connectivity index (χ1v) is 10.5. The van der Waals surface area contributed by atoms with E-state index >= 15 is 0 Å². The molecule has 4 rings (SSSR count). The van der Waals surface area contributed by atoms with Crippen LogP contribution < -0.4 is 5.32 Å². The van der Waals surface area contributed by atoms with E-state index in [0.717, 1.165) is 34.3 Å². The van der Waals surface area contributed by atoms with Gasteiger partial charge in [0.25, 0.3) is 0 Å². The Morgan fingerprint density at radius 2 is 1.57 bits per heavy atom. The van der Waals surface area contributed by atoms with Crippen molar-refractivity contribution in [1.29, 1.82) is 0 Å². The maximum absolute atomic E-state index is 12.7. The summed E-state index contributed by atoms with van der Waals surface area (Å²) in [6.07, 6.45) is 0. The highest BCUT2D eigenvalue weighted by Crippen LogP contribution is 2.25. The molecule has 0 aliphatic heterocycles. The first-order valence-electron chi connectivity index (χ1n) is 9.56. The number of benzene rings is 2. The summed E-state index contributed by atoms with van der Waals surface area (Å²) in [7, 11) is 0. The summed E-state index contributed by atoms with van der Waals surface area (Å²) in [6, 6.07) is 19.7. The zero-order chi connectivity index (χ0) is 21.1. The van der Waals surface area contributed by atoms with Crippen LogP contribution in [0, 0.1) is 20.8 Å². The molecule has 2 aromatic carbocycles. The molecule has 8 heteroatoms. The van der Waals surface area contributed by atoms with Gasteiger partial charge in [0.05, 0.1) is 28.5 Å². The molecule has 7 nitrogen and oxygen atoms in total. The Labute approximate surface area is 179 Å². The Balaban J connectivity index is 1.48. The lowest BCUT2D eigenvalue weighted by molar-refractivity contribution is -0.113. The standard InChI is InChI=1S/C22H22N6OS/c1-15-21(16(2)28(26-15)19-12-8-5-9-13-19)23-20(29)14-30-22-25-24-17(3)27(22)18-10-6-4-7-11-18/h4-13H,14H2,1-3H3,(H,23,29). The van der Waals surface area contributed by atoms with Crippen LogP contribution in [0.15, 0.2) is 65.8 Å². The van der Waals surface area contributed by atoms with E-state index in [2.05, 4.69) is 20.6 Å². The zero-order valence-corrected chi connectivity index (χ0v) is 17.8. The van der Waals surface area contributed by atoms with Crippen LogP contribution in [0.2, 0.25) is 0 Å². The fourth-order valence-corrected chi connectivity index (χ4v) is 4.06. The van der Waals surface area contributed by atoms with Crippen LogP contribution >= 0.6 is 11.8 Å². The molecule has 0 spiro atoms. The van der Waals surface area contributed by atoms with Crippen molar-refractivity contribution in [3.8, 4) is 11.4 Å². The van der Waals surface area contributed by atoms with Crippen molar-refractivity contribution >= 4 is 23.4 Å². The van der Waals surface area contributed by atoms with Crippen molar-refractivity contribution in [3.05, 3.63) is 77.9 Å². The molecule has 0 aliphatic rings. The van der Waals surface area contributed by atoms with Crippen molar-refractivity contribution in [2.75, 3.05) is 11.1 Å². The second-order valence-electron chi connectivity index (χ2n) is 6.83. The fourth-order valence-electron chi connectivity index (χ4n) is 3.26. The van der Waals surface area contributed by atoms with Gasteiger partial charge in [-0.15, -0.1) is 10.2 Å². The minimum Gasteiger partial charge on any atom is -0.322 e. The normalized spacial score (nSPS) is 10.9. The number of carbonyl (C=O) groups excluding carboxylic acids is 1. The number of aromatic nitrogens is 5. The number of nitrogens with one attached hydrogen (secondary N) is 1. The molecule has 0 atom stereocenters. The van der Waals surface area contributed by atoms with Gasteiger partial charge in [0, 0.05) is 5.69 Å². The summed E-state index contributed by atoms with van der Waals surface area (Å²) >= 11 is 1.36. The van der Waals surface area contributed by atoms with E-state index in [-0.39, 0.29) is 11.7 Å². The Hall–Kier alpha value is -3.39. The summed E-state index contributed by atoms with van der Waals surface area (Å²) in [5, 5.41) is 16.7. The molecule has 0 fully saturated rings. The summed E-state index contributed by atoms with van der Waals surface area (Å²) in [4.78, 5) is 12.7. The van der Waals surface area contributed by atoms with E-state index in [1.165, 1.54) is 11.8 Å². The topological polar surface area (TPSA) is 77.6 Å². The number of nitrogens with zero attached hydrogens (tertiary/aromatic N) is 5. The summed E-state index contributed by atoms with van der Waals surface area (Å²) in [5.41, 5.74) is 4.33. The first-order chi connectivity index (χ1) is 14.5. The molecule has 2 heterocycles. The van der Waals surface area contributed by atoms with E-state index < -0.39 is 0 Å². The summed E-state index contributed by atoms with van der Waals surface area (Å²) < 4.78 is 3.79. The highest BCUT2D eigenvalue weighted by atomic mass is 32.2. The lowest BCUT2D eigenvalue weighted by Crippen LogP contribution is -2.15. The fraction of sp³-hybridized carbons (Fsp3) is 0.182. The number of rotatable bonds is 6. The third kappa shape index (κ3) is 3.99. The number of carbonyl (C=O) groups is 1. The van der Waals surface area contributed by atoms with Crippen LogP contribution in [-0.4, -0.2) is 36.2 Å². The molecule has 0 radical (unpaired) electrons. The predicted molar refractivity (Wildman–Crippen MR) is 118 cm³/mol. The van der Waals surface area contributed by atoms with Gasteiger partial charge in [0.15, 0.2) is 5.16 Å². The molecule has 0 unspecified atom stereocenters. The van der Waals surface area contributed by atoms with Crippen LogP contribution in [0.5, 0.6) is 0 Å². The highest BCUT2D eigenvalue weighted by molar-refractivity contribution is 7.99. The Morgan fingerprint density at radius 3 is 2.23 bits per heavy atom. The molecule has 2 aromatic heterocycles. The average Bonchev–Trinajstić information content (AvgIpc) is 3.27. The molecule has 30 heavy (non-hydrogen) atoms. The zero-order valence-electron chi connectivity index (χ0n) is 17.0. The maximum atomic E-state index is 12.7. The molecule has 4 aromatic rings. The lowest BCUT2D eigenvalue weighted by Gasteiger charge is -2.09. The molecule has 0 aliphatic carbocycles. The van der Waals surface area contributed by atoms with Gasteiger partial charge in [-0.1, -0.05) is 48.2 Å². The second kappa shape index (κ2) is 8.54. The van der Waals surface area contributed by atoms with Crippen molar-refractivity contribution in [1.82, 2.24) is 24.5 Å². The number of thioether (sulfide) groups is 1. The third-order valence-electron chi connectivity index (χ3n) is 4.70. The number of hydrogen-bond acceptors (Lipinski definition) is 5. The number of aryl methyl sites for hydroxylation is 2. The largest absolute Gasteiger partial charge is 0.322 e. The molecule has 0 bridgehead atoms. The van der Waals surface area contributed by atoms with E-state index in [1.807, 2.05) is 90.7 Å². The molecule has 152 valence electrons. The Morgan fingerprint density at radius 1 is 0.933 bits per heavy atom. The van der Waals surface area contributed by atoms with Gasteiger partial charge in [0.1, 0.15) is 5.82 Å². The predicted octanol–water partition coefficient (Wildman–Crippen LogP) is 4.11. The quantitative estimate of drug-likeness (QED) is 0.477. The van der Waals surface area contributed by atoms with Gasteiger partial charge in [0.2, 0.25) is 5.91 Å². The Kier molecular flexibility index (Phi) is 5.67. The smallest absolute Gasteiger partial charge is 0.234 e. The molecule has 0 saturated carbocycles. The van der Waals surface area contributed by atoms with Crippen LogP contribution in [0.4, 0.5) is 5.69 Å². The molecule has 1 N–H and O–H groups in total. The van der Waals surface area contributed by atoms with Crippen LogP contribution in [0.25, 0.3) is 11.4 Å². The van der Waals surface area contributed by atoms with Crippen molar-refractivity contribution < 1.29 is 4.79 Å². The molecule has 1 amide bonds. The van der Waals surface area contributed by atoms with E-state index in [4.69, 9.17) is 0 Å². The van der Waals surface area contributed by atoms with Crippen molar-refractivity contribution in [2.45, 2.75) is 25.9 Å². The van der Waals surface area contributed by atoms with Crippen LogP contribution in [0.1, 0.15) is 17.2 Å². The van der Waals surface area contributed by atoms with Gasteiger partial charge >= 0.3 is 0 Å². The number of para-hydroxylation sites is 2. The minimum absolute atomic E-state index is 0.112. The van der Waals surface area contributed by atoms with Gasteiger partial charge in [-0.3, -0.25) is 9.36 Å². The number of anilines is 1. The Bertz CT molecular complexity index is 1170. The van der Waals surface area contributed by atoms with E-state index in [1.54, 1.807) is 0 Å². The third-order valence-corrected chi connectivity index (χ3v) is 5.63. The van der Waals surface area contributed by atoms with Gasteiger partial charge < -0.3 is 5.32 Å². The lowest BCUT2D eigenvalue weighted by atomic mass is 10.3. The number of amides is 1. The average molecular weight is 419 g/mol. The van der Waals surface area contributed by atoms with Gasteiger partial charge in [-0.05, 0) is 45.0 Å². The molecular formula is C22H22N6OS. The monoisotopic (exact) mass is 418 g/mol. The molecular weight excluding hydrogens is 396 g/mol. The van der Waals surface area contributed by atoms with Crippen LogP contribution in [0.3, 0.4) is 0 Å². The van der Waals surface area contributed by atoms with E-state index in [0.29, 0.717) is 5.16 Å². The van der Waals surface area contributed by atoms with Crippen molar-refractivity contribution in [2.24, 2.45) is 0 Å². The van der Waals surface area contributed by atoms with Gasteiger partial charge in [-0.2, -0.15) is 5.10 Å². The van der Waals surface area contributed by atoms with Gasteiger partial charge in [-0.25, -0.2) is 4.68 Å². The minimum atomic E-state index is -0.112. The SMILES string of the molecule is Cc1nn(-c2ccccc2)c(C)c1NC(=O)CSc1nnc(C)n1-c1ccccc1. The van der Waals surface area contributed by atoms with Crippen LogP contribution in [-0.2, 0) is 4.79 Å². The first kappa shape index (κ1) is 19.9. The second-order valence-corrected chi connectivity index (χ2v) is 7.77. The highest BCUT2D eigenvalue weighted by Gasteiger charge is 2.17. The summed E-state index contributed by atoms with van der Waals surface area (Å²) in [6.45, 7) is 5.74. The molecule has 0 saturated heterocycles.